The van der Waals surface area contributed by atoms with Crippen LogP contribution in [0.1, 0.15) is 31.4 Å². The van der Waals surface area contributed by atoms with Gasteiger partial charge in [0.1, 0.15) is 11.4 Å². The van der Waals surface area contributed by atoms with E-state index in [1.165, 1.54) is 6.07 Å². The molecule has 1 atom stereocenters. The number of nitrogens with one attached hydrogen (secondary N) is 1. The number of hydrogen-bond donors (Lipinski definition) is 2. The van der Waals surface area contributed by atoms with Crippen LogP contribution in [0.25, 0.3) is 0 Å². The fraction of sp³-hybridized carbons (Fsp3) is 0.250. The van der Waals surface area contributed by atoms with Crippen LogP contribution in [0, 0.1) is 10.1 Å². The monoisotopic (exact) mass is 286 g/mol. The van der Waals surface area contributed by atoms with Crippen LogP contribution >= 0.6 is 0 Å². The highest BCUT2D eigenvalue weighted by molar-refractivity contribution is 5.64. The molecule has 2 aromatic rings. The summed E-state index contributed by atoms with van der Waals surface area (Å²) in [5.74, 6) is -0.112. The quantitative estimate of drug-likeness (QED) is 0.473. The number of nitro groups is 1. The molecule has 0 heterocycles. The molecular weight excluding hydrogens is 268 g/mol. The molecule has 110 valence electrons. The van der Waals surface area contributed by atoms with E-state index in [9.17, 15) is 15.2 Å². The van der Waals surface area contributed by atoms with E-state index < -0.39 is 4.92 Å². The molecule has 0 spiro atoms. The van der Waals surface area contributed by atoms with Gasteiger partial charge in [0.05, 0.1) is 17.0 Å². The first-order valence-corrected chi connectivity index (χ1v) is 6.90. The number of anilines is 1. The second-order valence-electron chi connectivity index (χ2n) is 4.85. The van der Waals surface area contributed by atoms with E-state index >= 15 is 0 Å². The van der Waals surface area contributed by atoms with Gasteiger partial charge in [0.2, 0.25) is 0 Å². The van der Waals surface area contributed by atoms with Crippen molar-refractivity contribution in [3.63, 3.8) is 0 Å². The molecule has 2 rings (SSSR count). The lowest BCUT2D eigenvalue weighted by molar-refractivity contribution is -0.384. The van der Waals surface area contributed by atoms with Gasteiger partial charge in [-0.05, 0) is 24.1 Å². The first-order chi connectivity index (χ1) is 10.1. The fourth-order valence-electron chi connectivity index (χ4n) is 2.28. The zero-order valence-corrected chi connectivity index (χ0v) is 11.8. The predicted molar refractivity (Wildman–Crippen MR) is 82.5 cm³/mol. The van der Waals surface area contributed by atoms with Crippen LogP contribution in [0.15, 0.2) is 48.5 Å². The van der Waals surface area contributed by atoms with Gasteiger partial charge in [-0.2, -0.15) is 0 Å². The third kappa shape index (κ3) is 3.72. The molecule has 0 aliphatic rings. The standard InChI is InChI=1S/C16H18N2O3/c1-2-6-14(12-7-4-3-5-8-12)17-15-10-9-13(19)11-16(15)18(20)21/h3-5,7-11,14,17,19H,2,6H2,1H3. The Hall–Kier alpha value is -2.56. The summed E-state index contributed by atoms with van der Waals surface area (Å²) in [5, 5.41) is 23.7. The van der Waals surface area contributed by atoms with Gasteiger partial charge in [-0.1, -0.05) is 43.7 Å². The first-order valence-electron chi connectivity index (χ1n) is 6.90. The van der Waals surface area contributed by atoms with Crippen molar-refractivity contribution in [2.75, 3.05) is 5.32 Å². The summed E-state index contributed by atoms with van der Waals surface area (Å²) in [5.41, 5.74) is 1.38. The Morgan fingerprint density at radius 2 is 1.95 bits per heavy atom. The van der Waals surface area contributed by atoms with Crippen molar-refractivity contribution in [1.29, 1.82) is 0 Å². The molecule has 21 heavy (non-hydrogen) atoms. The van der Waals surface area contributed by atoms with Gasteiger partial charge < -0.3 is 10.4 Å². The lowest BCUT2D eigenvalue weighted by Crippen LogP contribution is -2.11. The summed E-state index contributed by atoms with van der Waals surface area (Å²) in [6.45, 7) is 2.07. The average molecular weight is 286 g/mol. The van der Waals surface area contributed by atoms with E-state index in [-0.39, 0.29) is 17.5 Å². The van der Waals surface area contributed by atoms with Crippen molar-refractivity contribution in [2.45, 2.75) is 25.8 Å². The van der Waals surface area contributed by atoms with Crippen molar-refractivity contribution in [1.82, 2.24) is 0 Å². The fourth-order valence-corrected chi connectivity index (χ4v) is 2.28. The van der Waals surface area contributed by atoms with Gasteiger partial charge in [0, 0.05) is 0 Å². The highest BCUT2D eigenvalue weighted by atomic mass is 16.6. The van der Waals surface area contributed by atoms with E-state index in [4.69, 9.17) is 0 Å². The lowest BCUT2D eigenvalue weighted by Gasteiger charge is -2.20. The van der Waals surface area contributed by atoms with Crippen LogP contribution in [0.3, 0.4) is 0 Å². The van der Waals surface area contributed by atoms with E-state index in [1.54, 1.807) is 6.07 Å². The smallest absolute Gasteiger partial charge is 0.296 e. The van der Waals surface area contributed by atoms with Gasteiger partial charge in [-0.15, -0.1) is 0 Å². The molecule has 0 amide bonds. The maximum absolute atomic E-state index is 11.1. The van der Waals surface area contributed by atoms with Crippen LogP contribution in [-0.4, -0.2) is 10.0 Å². The highest BCUT2D eigenvalue weighted by Gasteiger charge is 2.18. The minimum atomic E-state index is -0.490. The number of nitro benzene ring substituents is 1. The Morgan fingerprint density at radius 3 is 2.57 bits per heavy atom. The summed E-state index contributed by atoms with van der Waals surface area (Å²) < 4.78 is 0. The molecule has 0 aliphatic carbocycles. The molecule has 0 bridgehead atoms. The molecule has 5 nitrogen and oxygen atoms in total. The molecule has 0 aliphatic heterocycles. The van der Waals surface area contributed by atoms with Gasteiger partial charge in [-0.3, -0.25) is 10.1 Å². The number of rotatable bonds is 6. The summed E-state index contributed by atoms with van der Waals surface area (Å²) in [7, 11) is 0. The summed E-state index contributed by atoms with van der Waals surface area (Å²) >= 11 is 0. The second-order valence-corrected chi connectivity index (χ2v) is 4.85. The minimum Gasteiger partial charge on any atom is -0.508 e. The molecule has 0 saturated heterocycles. The molecule has 0 radical (unpaired) electrons. The normalized spacial score (nSPS) is 11.9. The van der Waals surface area contributed by atoms with E-state index in [0.717, 1.165) is 24.5 Å². The van der Waals surface area contributed by atoms with E-state index in [1.807, 2.05) is 30.3 Å². The topological polar surface area (TPSA) is 75.4 Å². The molecular formula is C16H18N2O3. The predicted octanol–water partition coefficient (Wildman–Crippen LogP) is 4.25. The van der Waals surface area contributed by atoms with Gasteiger partial charge in [-0.25, -0.2) is 0 Å². The Bertz CT molecular complexity index is 614. The molecule has 0 saturated carbocycles. The molecule has 0 fully saturated rings. The van der Waals surface area contributed by atoms with Crippen LogP contribution in [-0.2, 0) is 0 Å². The third-order valence-electron chi connectivity index (χ3n) is 3.29. The third-order valence-corrected chi connectivity index (χ3v) is 3.29. The van der Waals surface area contributed by atoms with Crippen molar-refractivity contribution in [3.8, 4) is 5.75 Å². The zero-order chi connectivity index (χ0) is 15.2. The van der Waals surface area contributed by atoms with E-state index in [0.29, 0.717) is 5.69 Å². The maximum atomic E-state index is 11.1. The number of aromatic hydroxyl groups is 1. The number of phenolic OH excluding ortho intramolecular Hbond substituents is 1. The highest BCUT2D eigenvalue weighted by Crippen LogP contribution is 2.32. The first kappa shape index (κ1) is 14.8. The van der Waals surface area contributed by atoms with Crippen molar-refractivity contribution in [3.05, 3.63) is 64.2 Å². The summed E-state index contributed by atoms with van der Waals surface area (Å²) in [6, 6.07) is 14.0. The van der Waals surface area contributed by atoms with E-state index in [2.05, 4.69) is 12.2 Å². The Balaban J connectivity index is 2.31. The Labute approximate surface area is 123 Å². The average Bonchev–Trinajstić information content (AvgIpc) is 2.49. The maximum Gasteiger partial charge on any atom is 0.296 e. The van der Waals surface area contributed by atoms with Gasteiger partial charge in [0.25, 0.3) is 5.69 Å². The lowest BCUT2D eigenvalue weighted by atomic mass is 10.0. The number of phenols is 1. The Kier molecular flexibility index (Phi) is 4.77. The van der Waals surface area contributed by atoms with Crippen LogP contribution in [0.2, 0.25) is 0 Å². The molecule has 2 aromatic carbocycles. The second kappa shape index (κ2) is 6.74. The van der Waals surface area contributed by atoms with Crippen LogP contribution < -0.4 is 5.32 Å². The molecule has 5 heteroatoms. The number of nitrogens with zero attached hydrogens (tertiary/aromatic N) is 1. The van der Waals surface area contributed by atoms with Crippen molar-refractivity contribution < 1.29 is 10.0 Å². The zero-order valence-electron chi connectivity index (χ0n) is 11.8. The molecule has 0 aromatic heterocycles. The van der Waals surface area contributed by atoms with Crippen LogP contribution in [0.5, 0.6) is 5.75 Å². The van der Waals surface area contributed by atoms with Gasteiger partial charge >= 0.3 is 0 Å². The summed E-state index contributed by atoms with van der Waals surface area (Å²) in [6.07, 6.45) is 1.82. The number of hydrogen-bond acceptors (Lipinski definition) is 4. The SMILES string of the molecule is CCCC(Nc1ccc(O)cc1[N+](=O)[O-])c1ccccc1. The van der Waals surface area contributed by atoms with Crippen molar-refractivity contribution >= 4 is 11.4 Å². The van der Waals surface area contributed by atoms with Gasteiger partial charge in [0.15, 0.2) is 0 Å². The largest absolute Gasteiger partial charge is 0.508 e. The summed E-state index contributed by atoms with van der Waals surface area (Å²) in [4.78, 5) is 10.6. The molecule has 2 N–H and O–H groups in total. The van der Waals surface area contributed by atoms with Crippen LogP contribution in [0.4, 0.5) is 11.4 Å². The Morgan fingerprint density at radius 1 is 1.24 bits per heavy atom. The van der Waals surface area contributed by atoms with Crippen molar-refractivity contribution in [2.24, 2.45) is 0 Å². The number of benzene rings is 2. The minimum absolute atomic E-state index is 0.000516. The molecule has 1 unspecified atom stereocenters.